The number of aliphatic hydroxyl groups is 1. The first-order valence-electron chi connectivity index (χ1n) is 6.18. The molecule has 1 N–H and O–H groups in total. The Morgan fingerprint density at radius 1 is 1.35 bits per heavy atom. The maximum Gasteiger partial charge on any atom is 0.127 e. The van der Waals surface area contributed by atoms with Crippen LogP contribution in [0.2, 0.25) is 0 Å². The van der Waals surface area contributed by atoms with Crippen LogP contribution in [0.1, 0.15) is 24.8 Å². The molecule has 1 aliphatic carbocycles. The van der Waals surface area contributed by atoms with Gasteiger partial charge in [0.15, 0.2) is 0 Å². The van der Waals surface area contributed by atoms with E-state index in [2.05, 4.69) is 4.90 Å². The summed E-state index contributed by atoms with van der Waals surface area (Å²) in [7, 11) is 1.99. The van der Waals surface area contributed by atoms with Gasteiger partial charge in [0, 0.05) is 30.7 Å². The second kappa shape index (κ2) is 5.15. The molecule has 0 atom stereocenters. The fraction of sp³-hybridized carbons (Fsp3) is 0.571. The van der Waals surface area contributed by atoms with Gasteiger partial charge in [0.2, 0.25) is 0 Å². The zero-order chi connectivity index (χ0) is 12.3. The van der Waals surface area contributed by atoms with Gasteiger partial charge in [0.25, 0.3) is 0 Å². The minimum atomic E-state index is -0.147. The molecular weight excluding hydrogens is 217 g/mol. The van der Waals surface area contributed by atoms with Crippen LogP contribution >= 0.6 is 0 Å². The third-order valence-corrected chi connectivity index (χ3v) is 3.75. The van der Waals surface area contributed by atoms with Crippen molar-refractivity contribution in [1.29, 1.82) is 0 Å². The molecule has 0 radical (unpaired) electrons. The zero-order valence-electron chi connectivity index (χ0n) is 10.3. The molecule has 0 unspecified atom stereocenters. The summed E-state index contributed by atoms with van der Waals surface area (Å²) in [6, 6.07) is 6.88. The van der Waals surface area contributed by atoms with Crippen molar-refractivity contribution in [2.75, 3.05) is 20.2 Å². The van der Waals surface area contributed by atoms with E-state index in [1.165, 1.54) is 12.5 Å². The molecule has 0 bridgehead atoms. The van der Waals surface area contributed by atoms with E-state index >= 15 is 0 Å². The second-order valence-electron chi connectivity index (χ2n) is 5.28. The zero-order valence-corrected chi connectivity index (χ0v) is 10.3. The van der Waals surface area contributed by atoms with E-state index in [0.29, 0.717) is 6.54 Å². The van der Waals surface area contributed by atoms with Crippen LogP contribution in [0.3, 0.4) is 0 Å². The number of aliphatic hydroxyl groups excluding tert-OH is 1. The van der Waals surface area contributed by atoms with Gasteiger partial charge >= 0.3 is 0 Å². The second-order valence-corrected chi connectivity index (χ2v) is 5.28. The lowest BCUT2D eigenvalue weighted by molar-refractivity contribution is 0.0125. The average Bonchev–Trinajstić information content (AvgIpc) is 2.27. The summed E-state index contributed by atoms with van der Waals surface area (Å²) in [4.78, 5) is 2.10. The maximum atomic E-state index is 13.5. The molecule has 0 heterocycles. The predicted octanol–water partition coefficient (Wildman–Crippen LogP) is 2.42. The fourth-order valence-corrected chi connectivity index (χ4v) is 2.59. The number of rotatable bonds is 5. The molecule has 94 valence electrons. The van der Waals surface area contributed by atoms with Crippen molar-refractivity contribution in [1.82, 2.24) is 4.90 Å². The minimum absolute atomic E-state index is 0.0695. The smallest absolute Gasteiger partial charge is 0.127 e. The number of hydrogen-bond donors (Lipinski definition) is 1. The molecular formula is C14H20FNO. The molecule has 2 rings (SSSR count). The van der Waals surface area contributed by atoms with Crippen LogP contribution in [0.4, 0.5) is 4.39 Å². The van der Waals surface area contributed by atoms with Crippen LogP contribution in [0.25, 0.3) is 0 Å². The van der Waals surface area contributed by atoms with Crippen molar-refractivity contribution >= 4 is 0 Å². The molecule has 1 saturated carbocycles. The van der Waals surface area contributed by atoms with Gasteiger partial charge in [-0.25, -0.2) is 4.39 Å². The molecule has 2 nitrogen and oxygen atoms in total. The lowest BCUT2D eigenvalue weighted by atomic mass is 9.69. The van der Waals surface area contributed by atoms with Gasteiger partial charge in [0.05, 0.1) is 0 Å². The van der Waals surface area contributed by atoms with Gasteiger partial charge in [-0.05, 0) is 26.0 Å². The highest BCUT2D eigenvalue weighted by Gasteiger charge is 2.37. The molecule has 1 aromatic carbocycles. The molecule has 1 aromatic rings. The molecule has 0 aromatic heterocycles. The number of hydrogen-bond acceptors (Lipinski definition) is 2. The van der Waals surface area contributed by atoms with Crippen LogP contribution in [-0.4, -0.2) is 30.2 Å². The largest absolute Gasteiger partial charge is 0.396 e. The quantitative estimate of drug-likeness (QED) is 0.850. The van der Waals surface area contributed by atoms with E-state index in [1.807, 2.05) is 19.2 Å². The minimum Gasteiger partial charge on any atom is -0.396 e. The first-order chi connectivity index (χ1) is 8.15. The van der Waals surface area contributed by atoms with Crippen molar-refractivity contribution in [3.63, 3.8) is 0 Å². The first-order valence-corrected chi connectivity index (χ1v) is 6.18. The highest BCUT2D eigenvalue weighted by Crippen LogP contribution is 2.40. The molecule has 1 aliphatic rings. The maximum absolute atomic E-state index is 13.5. The number of benzene rings is 1. The Hall–Kier alpha value is -0.930. The van der Waals surface area contributed by atoms with Gasteiger partial charge < -0.3 is 10.0 Å². The summed E-state index contributed by atoms with van der Waals surface area (Å²) in [5.41, 5.74) is 0.794. The Balaban J connectivity index is 1.93. The lowest BCUT2D eigenvalue weighted by Crippen LogP contribution is -2.43. The van der Waals surface area contributed by atoms with E-state index in [4.69, 9.17) is 0 Å². The topological polar surface area (TPSA) is 23.5 Å². The summed E-state index contributed by atoms with van der Waals surface area (Å²) in [5.74, 6) is -0.147. The van der Waals surface area contributed by atoms with Gasteiger partial charge in [-0.15, -0.1) is 0 Å². The van der Waals surface area contributed by atoms with E-state index in [9.17, 15) is 9.50 Å². The van der Waals surface area contributed by atoms with Crippen molar-refractivity contribution in [2.24, 2.45) is 5.41 Å². The lowest BCUT2D eigenvalue weighted by Gasteiger charge is -2.43. The van der Waals surface area contributed by atoms with Gasteiger partial charge in [-0.1, -0.05) is 24.6 Å². The molecule has 0 amide bonds. The third kappa shape index (κ3) is 2.85. The van der Waals surface area contributed by atoms with Crippen molar-refractivity contribution < 1.29 is 9.50 Å². The molecule has 0 aliphatic heterocycles. The van der Waals surface area contributed by atoms with Crippen molar-refractivity contribution in [3.05, 3.63) is 35.6 Å². The van der Waals surface area contributed by atoms with Crippen molar-refractivity contribution in [2.45, 2.75) is 25.8 Å². The SMILES string of the molecule is CN(Cc1ccccc1F)CC1(CO)CCC1. The van der Waals surface area contributed by atoms with Crippen LogP contribution in [0.5, 0.6) is 0 Å². The van der Waals surface area contributed by atoms with E-state index < -0.39 is 0 Å². The molecule has 17 heavy (non-hydrogen) atoms. The van der Waals surface area contributed by atoms with Crippen molar-refractivity contribution in [3.8, 4) is 0 Å². The first kappa shape index (κ1) is 12.5. The third-order valence-electron chi connectivity index (χ3n) is 3.75. The Labute approximate surface area is 102 Å². The predicted molar refractivity (Wildman–Crippen MR) is 66.1 cm³/mol. The molecule has 1 fully saturated rings. The molecule has 3 heteroatoms. The number of halogens is 1. The van der Waals surface area contributed by atoms with Gasteiger partial charge in [0.1, 0.15) is 5.82 Å². The van der Waals surface area contributed by atoms with E-state index in [1.54, 1.807) is 6.07 Å². The highest BCUT2D eigenvalue weighted by molar-refractivity contribution is 5.17. The molecule has 0 saturated heterocycles. The summed E-state index contributed by atoms with van der Waals surface area (Å²) in [6.45, 7) is 1.70. The van der Waals surface area contributed by atoms with Crippen LogP contribution in [-0.2, 0) is 6.54 Å². The Morgan fingerprint density at radius 3 is 2.59 bits per heavy atom. The van der Waals surface area contributed by atoms with Gasteiger partial charge in [-0.2, -0.15) is 0 Å². The van der Waals surface area contributed by atoms with Crippen LogP contribution < -0.4 is 0 Å². The summed E-state index contributed by atoms with van der Waals surface area (Å²) < 4.78 is 13.5. The standard InChI is InChI=1S/C14H20FNO/c1-16(10-14(11-17)7-4-8-14)9-12-5-2-3-6-13(12)15/h2-3,5-6,17H,4,7-11H2,1H3. The average molecular weight is 237 g/mol. The normalized spacial score (nSPS) is 18.1. The Kier molecular flexibility index (Phi) is 3.79. The highest BCUT2D eigenvalue weighted by atomic mass is 19.1. The monoisotopic (exact) mass is 237 g/mol. The summed E-state index contributed by atoms with van der Waals surface area (Å²) in [6.07, 6.45) is 3.38. The fourth-order valence-electron chi connectivity index (χ4n) is 2.59. The van der Waals surface area contributed by atoms with E-state index in [-0.39, 0.29) is 17.8 Å². The van der Waals surface area contributed by atoms with Gasteiger partial charge in [-0.3, -0.25) is 0 Å². The molecule has 0 spiro atoms. The number of nitrogens with zero attached hydrogens (tertiary/aromatic N) is 1. The van der Waals surface area contributed by atoms with Crippen LogP contribution in [0.15, 0.2) is 24.3 Å². The summed E-state index contributed by atoms with van der Waals surface area (Å²) in [5, 5.41) is 9.41. The van der Waals surface area contributed by atoms with E-state index in [0.717, 1.165) is 24.9 Å². The Bertz CT molecular complexity index is 371. The summed E-state index contributed by atoms with van der Waals surface area (Å²) >= 11 is 0. The van der Waals surface area contributed by atoms with Crippen LogP contribution in [0, 0.1) is 11.2 Å². The Morgan fingerprint density at radius 2 is 2.06 bits per heavy atom.